The molecule has 14 nitrogen and oxygen atoms in total. The molecule has 306 valence electrons. The van der Waals surface area contributed by atoms with E-state index in [4.69, 9.17) is 9.26 Å². The summed E-state index contributed by atoms with van der Waals surface area (Å²) in [6.07, 6.45) is 8.81. The Morgan fingerprint density at radius 1 is 0.929 bits per heavy atom. The third kappa shape index (κ3) is 11.4. The summed E-state index contributed by atoms with van der Waals surface area (Å²) in [6, 6.07) is 6.97. The summed E-state index contributed by atoms with van der Waals surface area (Å²) in [6.45, 7) is 10.00. The summed E-state index contributed by atoms with van der Waals surface area (Å²) < 4.78 is 11.0. The van der Waals surface area contributed by atoms with Crippen LogP contribution in [-0.2, 0) is 30.6 Å². The van der Waals surface area contributed by atoms with Crippen LogP contribution in [0.5, 0.6) is 5.88 Å². The lowest BCUT2D eigenvalue weighted by Crippen LogP contribution is -2.62. The van der Waals surface area contributed by atoms with Crippen molar-refractivity contribution in [1.82, 2.24) is 31.3 Å². The van der Waals surface area contributed by atoms with Crippen LogP contribution in [0.2, 0.25) is 0 Å². The fourth-order valence-electron chi connectivity index (χ4n) is 7.79. The minimum atomic E-state index is -1.05. The van der Waals surface area contributed by atoms with Gasteiger partial charge in [0.15, 0.2) is 0 Å². The largest absolute Gasteiger partial charge is 0.471 e. The minimum Gasteiger partial charge on any atom is -0.471 e. The van der Waals surface area contributed by atoms with E-state index in [1.165, 1.54) is 11.0 Å². The van der Waals surface area contributed by atoms with Gasteiger partial charge in [0.2, 0.25) is 29.3 Å². The fourth-order valence-corrected chi connectivity index (χ4v) is 7.79. The number of carbonyl (C=O) groups excluding carboxylic acids is 6. The number of Topliss-reactive ketones (excluding diaryl/α,β-unsaturated/α-hetero) is 1. The topological polar surface area (TPSA) is 189 Å². The first kappa shape index (κ1) is 42.4. The van der Waals surface area contributed by atoms with E-state index in [-0.39, 0.29) is 42.5 Å². The van der Waals surface area contributed by atoms with Crippen molar-refractivity contribution in [3.8, 4) is 5.88 Å². The Bertz CT molecular complexity index is 1680. The monoisotopic (exact) mass is 776 g/mol. The van der Waals surface area contributed by atoms with Gasteiger partial charge in [-0.3, -0.25) is 28.8 Å². The molecule has 1 saturated heterocycles. The summed E-state index contributed by atoms with van der Waals surface area (Å²) in [7, 11) is 0. The second kappa shape index (κ2) is 19.4. The van der Waals surface area contributed by atoms with E-state index in [1.807, 2.05) is 65.0 Å². The number of hydrogen-bond acceptors (Lipinski definition) is 9. The number of nitrogens with zero attached hydrogens (tertiary/aromatic N) is 2. The Balaban J connectivity index is 1.31. The predicted molar refractivity (Wildman–Crippen MR) is 208 cm³/mol. The number of aromatic nitrogens is 1. The van der Waals surface area contributed by atoms with Crippen LogP contribution in [0, 0.1) is 17.3 Å². The van der Waals surface area contributed by atoms with Gasteiger partial charge < -0.3 is 35.4 Å². The van der Waals surface area contributed by atoms with Gasteiger partial charge in [0.25, 0.3) is 17.7 Å². The minimum absolute atomic E-state index is 0.00230. The Morgan fingerprint density at radius 2 is 1.64 bits per heavy atom. The average molecular weight is 777 g/mol. The number of ketones is 1. The van der Waals surface area contributed by atoms with Gasteiger partial charge >= 0.3 is 0 Å². The van der Waals surface area contributed by atoms with Crippen molar-refractivity contribution in [3.63, 3.8) is 0 Å². The van der Waals surface area contributed by atoms with Gasteiger partial charge in [-0.05, 0) is 72.9 Å². The summed E-state index contributed by atoms with van der Waals surface area (Å²) in [5, 5.41) is 15.3. The van der Waals surface area contributed by atoms with Crippen LogP contribution >= 0.6 is 0 Å². The maximum atomic E-state index is 14.7. The van der Waals surface area contributed by atoms with Crippen molar-refractivity contribution in [1.29, 1.82) is 0 Å². The van der Waals surface area contributed by atoms with Gasteiger partial charge in [0.1, 0.15) is 24.7 Å². The van der Waals surface area contributed by atoms with E-state index < -0.39 is 64.9 Å². The Kier molecular flexibility index (Phi) is 14.7. The molecule has 56 heavy (non-hydrogen) atoms. The number of amides is 5. The van der Waals surface area contributed by atoms with Gasteiger partial charge in [-0.15, -0.1) is 0 Å². The van der Waals surface area contributed by atoms with Gasteiger partial charge in [0.05, 0.1) is 12.1 Å². The molecule has 3 fully saturated rings. The number of hydrogen-bond donors (Lipinski definition) is 4. The second-order valence-corrected chi connectivity index (χ2v) is 16.8. The summed E-state index contributed by atoms with van der Waals surface area (Å²) >= 11 is 0. The SMILES string of the molecule is CCC[C@@H]1C[C@@H](C(=O)N[C@@H](CCC)C(=O)C(=O)NC2CC2)N(C(=O)[C@@H](NC(=O)[C@@H](NC(=O)c2cc(OCc3ccccc3)no2)C2CCCCC2)C(C)(C)C)C1. The van der Waals surface area contributed by atoms with Crippen LogP contribution < -0.4 is 26.0 Å². The maximum Gasteiger partial charge on any atom is 0.290 e. The molecule has 0 bridgehead atoms. The van der Waals surface area contributed by atoms with Gasteiger partial charge in [-0.2, -0.15) is 0 Å². The van der Waals surface area contributed by atoms with E-state index in [0.29, 0.717) is 19.4 Å². The highest BCUT2D eigenvalue weighted by Crippen LogP contribution is 2.32. The van der Waals surface area contributed by atoms with Crippen molar-refractivity contribution in [2.45, 2.75) is 148 Å². The molecule has 0 unspecified atom stereocenters. The van der Waals surface area contributed by atoms with Crippen molar-refractivity contribution >= 4 is 35.3 Å². The first-order chi connectivity index (χ1) is 26.8. The van der Waals surface area contributed by atoms with Gasteiger partial charge in [-0.25, -0.2) is 0 Å². The zero-order valence-electron chi connectivity index (χ0n) is 33.6. The maximum absolute atomic E-state index is 14.7. The van der Waals surface area contributed by atoms with Crippen LogP contribution in [0.3, 0.4) is 0 Å². The summed E-state index contributed by atoms with van der Waals surface area (Å²) in [4.78, 5) is 83.9. The van der Waals surface area contributed by atoms with E-state index in [2.05, 4.69) is 26.4 Å². The molecule has 2 saturated carbocycles. The molecular formula is C42H60N6O8. The van der Waals surface area contributed by atoms with Crippen molar-refractivity contribution in [2.75, 3.05) is 6.54 Å². The summed E-state index contributed by atoms with van der Waals surface area (Å²) in [5.41, 5.74) is 0.138. The first-order valence-corrected chi connectivity index (χ1v) is 20.5. The molecule has 2 heterocycles. The predicted octanol–water partition coefficient (Wildman–Crippen LogP) is 4.61. The molecule has 0 radical (unpaired) electrons. The third-order valence-corrected chi connectivity index (χ3v) is 11.0. The number of benzene rings is 1. The number of ether oxygens (including phenoxy) is 1. The van der Waals surface area contributed by atoms with Crippen molar-refractivity contribution < 1.29 is 38.0 Å². The molecular weight excluding hydrogens is 716 g/mol. The first-order valence-electron chi connectivity index (χ1n) is 20.5. The van der Waals surface area contributed by atoms with E-state index in [1.54, 1.807) is 0 Å². The molecule has 5 amide bonds. The number of carbonyl (C=O) groups is 6. The normalized spacial score (nSPS) is 20.3. The molecule has 5 rings (SSSR count). The van der Waals surface area contributed by atoms with Crippen LogP contribution in [0.4, 0.5) is 0 Å². The lowest BCUT2D eigenvalue weighted by atomic mass is 9.82. The van der Waals surface area contributed by atoms with Gasteiger partial charge in [0, 0.05) is 12.6 Å². The highest BCUT2D eigenvalue weighted by Gasteiger charge is 2.46. The number of rotatable bonds is 18. The number of nitrogens with one attached hydrogen (secondary N) is 4. The van der Waals surface area contributed by atoms with E-state index in [0.717, 1.165) is 63.4 Å². The van der Waals surface area contributed by atoms with Crippen LogP contribution in [0.1, 0.15) is 128 Å². The Hall–Kier alpha value is -4.75. The molecule has 14 heteroatoms. The Labute approximate surface area is 330 Å². The smallest absolute Gasteiger partial charge is 0.290 e. The lowest BCUT2D eigenvalue weighted by molar-refractivity contribution is -0.145. The van der Waals surface area contributed by atoms with Gasteiger partial charge in [-0.1, -0.05) is 97.1 Å². The molecule has 5 atom stereocenters. The highest BCUT2D eigenvalue weighted by molar-refractivity contribution is 6.38. The molecule has 2 aliphatic carbocycles. The third-order valence-electron chi connectivity index (χ3n) is 11.0. The zero-order chi connectivity index (χ0) is 40.4. The molecule has 1 aliphatic heterocycles. The Morgan fingerprint density at radius 3 is 2.29 bits per heavy atom. The van der Waals surface area contributed by atoms with E-state index >= 15 is 0 Å². The molecule has 0 spiro atoms. The summed E-state index contributed by atoms with van der Waals surface area (Å²) in [5.74, 6) is -3.55. The van der Waals surface area contributed by atoms with Crippen molar-refractivity contribution in [2.24, 2.45) is 17.3 Å². The highest BCUT2D eigenvalue weighted by atomic mass is 16.5. The molecule has 1 aromatic heterocycles. The van der Waals surface area contributed by atoms with Crippen LogP contribution in [0.25, 0.3) is 0 Å². The fraction of sp³-hybridized carbons (Fsp3) is 0.643. The zero-order valence-corrected chi connectivity index (χ0v) is 33.6. The average Bonchev–Trinajstić information content (AvgIpc) is 3.68. The second-order valence-electron chi connectivity index (χ2n) is 16.8. The van der Waals surface area contributed by atoms with E-state index in [9.17, 15) is 28.8 Å². The molecule has 4 N–H and O–H groups in total. The quantitative estimate of drug-likeness (QED) is 0.157. The van der Waals surface area contributed by atoms with Crippen LogP contribution in [-0.4, -0.2) is 82.1 Å². The number of likely N-dealkylation sites (tertiary alicyclic amines) is 1. The standard InChI is InChI=1S/C42H60N6O8/c1-6-14-27-22-31(37(50)44-30(15-7-2)35(49)40(53)43-29-20-21-29)48(24-27)41(54)36(42(3,4)5)46-39(52)34(28-18-12-9-13-19-28)45-38(51)32-23-33(47-56-32)55-25-26-16-10-8-11-17-26/h8,10-11,16-17,23,27-31,34,36H,6-7,9,12-15,18-22,24-25H2,1-5H3,(H,43,53)(H,44,50)(H,45,51)(H,46,52)/t27-,30+,31+,34+,36-/m1/s1. The lowest BCUT2D eigenvalue weighted by Gasteiger charge is -2.37. The molecule has 2 aromatic rings. The van der Waals surface area contributed by atoms with Crippen LogP contribution in [0.15, 0.2) is 40.9 Å². The molecule has 3 aliphatic rings. The molecule has 1 aromatic carbocycles. The van der Waals surface area contributed by atoms with Crippen molar-refractivity contribution in [3.05, 3.63) is 47.7 Å².